The van der Waals surface area contributed by atoms with Crippen LogP contribution in [0.5, 0.6) is 0 Å². The van der Waals surface area contributed by atoms with Gasteiger partial charge in [0.05, 0.1) is 29.0 Å². The highest BCUT2D eigenvalue weighted by molar-refractivity contribution is 6.28. The molecule has 8 nitrogen and oxygen atoms in total. The second-order valence-electron chi connectivity index (χ2n) is 8.77. The summed E-state index contributed by atoms with van der Waals surface area (Å²) in [6.45, 7) is 2.96. The Labute approximate surface area is 168 Å². The van der Waals surface area contributed by atoms with Gasteiger partial charge in [-0.1, -0.05) is 0 Å². The molecule has 1 N–H and O–H groups in total. The molecule has 9 heteroatoms. The highest BCUT2D eigenvalue weighted by Gasteiger charge is 2.61. The molecule has 28 heavy (non-hydrogen) atoms. The number of hydrogen-bond acceptors (Lipinski definition) is 5. The zero-order chi connectivity index (χ0) is 19.4. The zero-order valence-corrected chi connectivity index (χ0v) is 16.7. The smallest absolute Gasteiger partial charge is 0.242 e. The molecule has 150 valence electrons. The number of ether oxygens (including phenoxy) is 1. The normalized spacial score (nSPS) is 33.4. The highest BCUT2D eigenvalue weighted by atomic mass is 35.5. The van der Waals surface area contributed by atoms with Gasteiger partial charge in [-0.15, -0.1) is 5.10 Å². The van der Waals surface area contributed by atoms with Crippen LogP contribution in [-0.2, 0) is 21.8 Å². The van der Waals surface area contributed by atoms with E-state index in [1.54, 1.807) is 17.2 Å². The summed E-state index contributed by atoms with van der Waals surface area (Å²) in [5, 5.41) is 12.1. The molecule has 1 amide bonds. The molecule has 4 aliphatic carbocycles. The van der Waals surface area contributed by atoms with E-state index < -0.39 is 0 Å². The Kier molecular flexibility index (Phi) is 4.24. The Morgan fingerprint density at radius 2 is 2.14 bits per heavy atom. The van der Waals surface area contributed by atoms with Crippen LogP contribution in [0, 0.1) is 17.3 Å². The first-order valence-electron chi connectivity index (χ1n) is 10.00. The lowest BCUT2D eigenvalue weighted by molar-refractivity contribution is -0.150. The number of nitrogens with one attached hydrogen (secondary N) is 1. The van der Waals surface area contributed by atoms with E-state index in [1.165, 1.54) is 6.42 Å². The van der Waals surface area contributed by atoms with E-state index in [0.29, 0.717) is 25.2 Å². The summed E-state index contributed by atoms with van der Waals surface area (Å²) in [4.78, 5) is 17.5. The average molecular weight is 405 g/mol. The predicted molar refractivity (Wildman–Crippen MR) is 103 cm³/mol. The third kappa shape index (κ3) is 2.93. The van der Waals surface area contributed by atoms with Gasteiger partial charge in [0.1, 0.15) is 13.1 Å². The minimum atomic E-state index is -0.357. The average Bonchev–Trinajstić information content (AvgIpc) is 3.28. The second-order valence-corrected chi connectivity index (χ2v) is 9.11. The first-order chi connectivity index (χ1) is 13.5. The van der Waals surface area contributed by atoms with Gasteiger partial charge in [-0.25, -0.2) is 14.3 Å². The molecule has 4 bridgehead atoms. The van der Waals surface area contributed by atoms with Gasteiger partial charge in [0, 0.05) is 6.61 Å². The molecule has 2 aromatic rings. The van der Waals surface area contributed by atoms with Crippen molar-refractivity contribution in [3.63, 3.8) is 0 Å². The Morgan fingerprint density at radius 3 is 2.82 bits per heavy atom. The summed E-state index contributed by atoms with van der Waals surface area (Å²) in [5.74, 6) is 1.21. The molecule has 0 aliphatic heterocycles. The first-order valence-corrected chi connectivity index (χ1v) is 10.4. The van der Waals surface area contributed by atoms with Crippen LogP contribution in [0.3, 0.4) is 0 Å². The van der Waals surface area contributed by atoms with E-state index in [2.05, 4.69) is 20.5 Å². The molecule has 0 spiro atoms. The monoisotopic (exact) mass is 404 g/mol. The van der Waals surface area contributed by atoms with Crippen molar-refractivity contribution in [2.24, 2.45) is 17.3 Å². The summed E-state index contributed by atoms with van der Waals surface area (Å²) in [6.07, 6.45) is 11.3. The lowest BCUT2D eigenvalue weighted by atomic mass is 9.46. The Hall–Kier alpha value is -1.93. The van der Waals surface area contributed by atoms with Crippen LogP contribution >= 0.6 is 11.6 Å². The maximum Gasteiger partial charge on any atom is 0.242 e. The van der Waals surface area contributed by atoms with Crippen molar-refractivity contribution in [3.8, 4) is 0 Å². The van der Waals surface area contributed by atoms with E-state index in [-0.39, 0.29) is 22.1 Å². The van der Waals surface area contributed by atoms with Crippen molar-refractivity contribution in [1.29, 1.82) is 0 Å². The molecule has 2 aromatic heterocycles. The van der Waals surface area contributed by atoms with E-state index >= 15 is 0 Å². The number of anilines is 1. The van der Waals surface area contributed by atoms with Crippen LogP contribution in [0.2, 0.25) is 5.28 Å². The van der Waals surface area contributed by atoms with Crippen molar-refractivity contribution >= 4 is 23.2 Å². The lowest BCUT2D eigenvalue weighted by Crippen LogP contribution is -2.60. The molecule has 0 radical (unpaired) electrons. The van der Waals surface area contributed by atoms with Crippen molar-refractivity contribution in [1.82, 2.24) is 24.5 Å². The third-order valence-electron chi connectivity index (χ3n) is 6.78. The molecule has 4 fully saturated rings. The summed E-state index contributed by atoms with van der Waals surface area (Å²) in [6, 6.07) is 0. The quantitative estimate of drug-likeness (QED) is 0.799. The van der Waals surface area contributed by atoms with Gasteiger partial charge in [0.15, 0.2) is 0 Å². The molecule has 4 saturated carbocycles. The minimum Gasteiger partial charge on any atom is -0.360 e. The predicted octanol–water partition coefficient (Wildman–Crippen LogP) is 3.06. The largest absolute Gasteiger partial charge is 0.360 e. The number of rotatable bonds is 6. The summed E-state index contributed by atoms with van der Waals surface area (Å²) in [5.41, 5.74) is 0.226. The summed E-state index contributed by atoms with van der Waals surface area (Å²) in [7, 11) is 0. The lowest BCUT2D eigenvalue weighted by Gasteiger charge is -2.60. The topological polar surface area (TPSA) is 86.9 Å². The third-order valence-corrected chi connectivity index (χ3v) is 6.95. The van der Waals surface area contributed by atoms with Gasteiger partial charge in [0.25, 0.3) is 0 Å². The second kappa shape index (κ2) is 6.56. The molecule has 0 aromatic carbocycles. The van der Waals surface area contributed by atoms with E-state index in [9.17, 15) is 4.79 Å². The number of hydrogen-bond donors (Lipinski definition) is 1. The van der Waals surface area contributed by atoms with Crippen molar-refractivity contribution in [2.45, 2.75) is 57.7 Å². The zero-order valence-electron chi connectivity index (χ0n) is 16.0. The van der Waals surface area contributed by atoms with E-state index in [0.717, 1.165) is 37.8 Å². The fourth-order valence-corrected chi connectivity index (χ4v) is 6.29. The molecule has 2 atom stereocenters. The first kappa shape index (κ1) is 18.1. The number of carbonyl (C=O) groups is 1. The fraction of sp³-hybridized carbons (Fsp3) is 0.684. The SMILES string of the molecule is CCOCn1cc(NC(=O)C23CC4CC(C2)CC(n2cnc(Cl)n2)(C4)C3)cn1. The van der Waals surface area contributed by atoms with Gasteiger partial charge in [-0.3, -0.25) is 4.79 Å². The fourth-order valence-electron chi connectivity index (χ4n) is 6.17. The van der Waals surface area contributed by atoms with Crippen LogP contribution in [-0.4, -0.2) is 37.1 Å². The maximum absolute atomic E-state index is 13.4. The molecule has 4 aliphatic rings. The van der Waals surface area contributed by atoms with Crippen molar-refractivity contribution < 1.29 is 9.53 Å². The summed E-state index contributed by atoms with van der Waals surface area (Å²) < 4.78 is 9.00. The van der Waals surface area contributed by atoms with Crippen LogP contribution in [0.1, 0.15) is 45.4 Å². The highest BCUT2D eigenvalue weighted by Crippen LogP contribution is 2.64. The standard InChI is InChI=1S/C19H25ClN6O2/c1-2-28-12-25-9-15(8-22-25)23-16(27)18-4-13-3-14(5-18)7-19(6-13,10-18)26-11-21-17(20)24-26/h8-9,11,13-14H,2-7,10,12H2,1H3,(H,23,27). The van der Waals surface area contributed by atoms with Crippen LogP contribution in [0.4, 0.5) is 5.69 Å². The van der Waals surface area contributed by atoms with E-state index in [4.69, 9.17) is 16.3 Å². The molecule has 6 rings (SSSR count). The van der Waals surface area contributed by atoms with Crippen LogP contribution in [0.25, 0.3) is 0 Å². The van der Waals surface area contributed by atoms with E-state index in [1.807, 2.05) is 17.8 Å². The van der Waals surface area contributed by atoms with Gasteiger partial charge < -0.3 is 10.1 Å². The number of amides is 1. The van der Waals surface area contributed by atoms with Crippen LogP contribution in [0.15, 0.2) is 18.7 Å². The Balaban J connectivity index is 1.38. The van der Waals surface area contributed by atoms with Gasteiger partial charge in [-0.05, 0) is 68.9 Å². The molecular weight excluding hydrogens is 380 g/mol. The van der Waals surface area contributed by atoms with Crippen molar-refractivity contribution in [2.75, 3.05) is 11.9 Å². The van der Waals surface area contributed by atoms with Gasteiger partial charge in [0.2, 0.25) is 11.2 Å². The Morgan fingerprint density at radius 1 is 1.36 bits per heavy atom. The van der Waals surface area contributed by atoms with Crippen molar-refractivity contribution in [3.05, 3.63) is 24.0 Å². The molecule has 0 saturated heterocycles. The number of halogens is 1. The molecular formula is C19H25ClN6O2. The number of aromatic nitrogens is 5. The Bertz CT molecular complexity index is 879. The van der Waals surface area contributed by atoms with Crippen LogP contribution < -0.4 is 5.32 Å². The maximum atomic E-state index is 13.4. The molecule has 2 unspecified atom stereocenters. The van der Waals surface area contributed by atoms with Gasteiger partial charge in [-0.2, -0.15) is 5.10 Å². The molecule has 2 heterocycles. The number of nitrogens with zero attached hydrogens (tertiary/aromatic N) is 5. The number of carbonyl (C=O) groups excluding carboxylic acids is 1. The summed E-state index contributed by atoms with van der Waals surface area (Å²) >= 11 is 6.00. The minimum absolute atomic E-state index is 0.105. The van der Waals surface area contributed by atoms with Gasteiger partial charge >= 0.3 is 0 Å².